The molecule has 0 fully saturated rings. The Morgan fingerprint density at radius 2 is 1.31 bits per heavy atom. The van der Waals surface area contributed by atoms with Gasteiger partial charge in [0.15, 0.2) is 0 Å². The second-order valence-electron chi connectivity index (χ2n) is 3.49. The van der Waals surface area contributed by atoms with E-state index in [1.807, 2.05) is 24.3 Å². The van der Waals surface area contributed by atoms with Crippen molar-refractivity contribution in [3.8, 4) is 0 Å². The van der Waals surface area contributed by atoms with Crippen molar-refractivity contribution >= 4 is 49.9 Å². The second kappa shape index (κ2) is 3.97. The van der Waals surface area contributed by atoms with Gasteiger partial charge in [-0.15, -0.1) is 0 Å². The third-order valence-corrected chi connectivity index (χ3v) is 2.62. The summed E-state index contributed by atoms with van der Waals surface area (Å²) in [7, 11) is 0. The molecule has 3 rings (SSSR count). The van der Waals surface area contributed by atoms with Crippen molar-refractivity contribution in [1.82, 2.24) is 5.32 Å². The number of amides is 2. The van der Waals surface area contributed by atoms with Crippen molar-refractivity contribution in [2.75, 3.05) is 0 Å². The van der Waals surface area contributed by atoms with Gasteiger partial charge < -0.3 is 0 Å². The van der Waals surface area contributed by atoms with E-state index < -0.39 is 0 Å². The molecule has 1 heterocycles. The third kappa shape index (κ3) is 1.46. The molecule has 1 aliphatic rings. The molecule has 78 valence electrons. The Balaban J connectivity index is 0.000000963. The van der Waals surface area contributed by atoms with Crippen LogP contribution in [-0.4, -0.2) is 39.1 Å². The first-order chi connectivity index (χ1) is 7.27. The zero-order valence-electron chi connectivity index (χ0n) is 8.49. The van der Waals surface area contributed by atoms with Crippen molar-refractivity contribution in [1.29, 1.82) is 0 Å². The first-order valence-corrected chi connectivity index (χ1v) is 4.65. The average molecular weight is 406 g/mol. The summed E-state index contributed by atoms with van der Waals surface area (Å²) in [5.74, 6) is -0.631. The quantitative estimate of drug-likeness (QED) is 0.520. The Bertz CT molecular complexity index is 558. The fourth-order valence-corrected chi connectivity index (χ4v) is 1.96. The number of carbonyl (C=O) groups is 2. The molecule has 0 saturated carbocycles. The molecule has 0 bridgehead atoms. The van der Waals surface area contributed by atoms with Crippen LogP contribution in [0.5, 0.6) is 0 Å². The van der Waals surface area contributed by atoms with Crippen molar-refractivity contribution in [3.05, 3.63) is 47.5 Å². The van der Waals surface area contributed by atoms with Gasteiger partial charge in [0.1, 0.15) is 0 Å². The molecule has 0 aliphatic carbocycles. The minimum atomic E-state index is -0.315. The second-order valence-corrected chi connectivity index (χ2v) is 3.49. The zero-order valence-corrected chi connectivity index (χ0v) is 14.0. The molecular formula is C12H9NO2Pb. The van der Waals surface area contributed by atoms with Crippen LogP contribution in [0.4, 0.5) is 0 Å². The molecule has 2 aromatic rings. The third-order valence-electron chi connectivity index (χ3n) is 2.62. The van der Waals surface area contributed by atoms with Crippen LogP contribution >= 0.6 is 0 Å². The van der Waals surface area contributed by atoms with Crippen LogP contribution in [-0.2, 0) is 0 Å². The van der Waals surface area contributed by atoms with E-state index in [2.05, 4.69) is 5.32 Å². The summed E-state index contributed by atoms with van der Waals surface area (Å²) in [5, 5.41) is 4.00. The van der Waals surface area contributed by atoms with Gasteiger partial charge in [0, 0.05) is 16.5 Å². The molecule has 3 nitrogen and oxygen atoms in total. The monoisotopic (exact) mass is 407 g/mol. The number of hydrogen-bond acceptors (Lipinski definition) is 2. The number of nitrogens with one attached hydrogen (secondary N) is 1. The van der Waals surface area contributed by atoms with Gasteiger partial charge in [-0.1, -0.05) is 24.3 Å². The van der Waals surface area contributed by atoms with Crippen LogP contribution in [0.15, 0.2) is 36.4 Å². The Morgan fingerprint density at radius 1 is 0.812 bits per heavy atom. The topological polar surface area (TPSA) is 46.2 Å². The van der Waals surface area contributed by atoms with E-state index >= 15 is 0 Å². The minimum absolute atomic E-state index is 0. The molecule has 16 heavy (non-hydrogen) atoms. The molecule has 0 unspecified atom stereocenters. The van der Waals surface area contributed by atoms with Crippen molar-refractivity contribution in [2.24, 2.45) is 0 Å². The molecule has 0 atom stereocenters. The first kappa shape index (κ1) is 11.3. The fourth-order valence-electron chi connectivity index (χ4n) is 1.96. The van der Waals surface area contributed by atoms with Gasteiger partial charge in [0.05, 0.1) is 0 Å². The van der Waals surface area contributed by atoms with Gasteiger partial charge in [-0.2, -0.15) is 0 Å². The summed E-state index contributed by atoms with van der Waals surface area (Å²) < 4.78 is 0. The summed E-state index contributed by atoms with van der Waals surface area (Å²) in [4.78, 5) is 23.1. The summed E-state index contributed by atoms with van der Waals surface area (Å²) in [5.41, 5.74) is 1.14. The molecule has 1 N–H and O–H groups in total. The van der Waals surface area contributed by atoms with E-state index in [-0.39, 0.29) is 39.1 Å². The predicted molar refractivity (Wildman–Crippen MR) is 64.3 cm³/mol. The Kier molecular flexibility index (Phi) is 2.79. The molecule has 0 saturated heterocycles. The van der Waals surface area contributed by atoms with Crippen molar-refractivity contribution in [2.45, 2.75) is 0 Å². The molecule has 0 aromatic heterocycles. The maximum absolute atomic E-state index is 11.6. The number of hydrogen-bond donors (Lipinski definition) is 1. The van der Waals surface area contributed by atoms with Crippen LogP contribution in [0.3, 0.4) is 0 Å². The van der Waals surface area contributed by atoms with E-state index in [0.717, 1.165) is 10.8 Å². The number of rotatable bonds is 0. The van der Waals surface area contributed by atoms with E-state index in [1.165, 1.54) is 0 Å². The zero-order chi connectivity index (χ0) is 10.4. The number of benzene rings is 2. The SMILES string of the molecule is O=C1NC(=O)c2cccc3cccc1c23.[PbH2]. The van der Waals surface area contributed by atoms with Crippen molar-refractivity contribution < 1.29 is 9.59 Å². The summed E-state index contributed by atoms with van der Waals surface area (Å²) in [6, 6.07) is 10.9. The van der Waals surface area contributed by atoms with E-state index in [9.17, 15) is 9.59 Å². The predicted octanol–water partition coefficient (Wildman–Crippen LogP) is 0.807. The summed E-state index contributed by atoms with van der Waals surface area (Å²) >= 11 is 0. The number of imide groups is 1. The van der Waals surface area contributed by atoms with E-state index in [4.69, 9.17) is 0 Å². The molecule has 0 spiro atoms. The normalized spacial score (nSPS) is 13.2. The molecular weight excluding hydrogens is 397 g/mol. The Labute approximate surface area is 112 Å². The molecule has 1 aliphatic heterocycles. The van der Waals surface area contributed by atoms with Gasteiger partial charge >= 0.3 is 27.3 Å². The maximum atomic E-state index is 11.6. The standard InChI is InChI=1S/C12H7NO2.Pb.2H/c14-11-8-5-1-3-7-4-2-6-9(10(7)8)12(15)13-11;;;/h1-6H,(H,13,14,15);;;. The Morgan fingerprint density at radius 3 is 1.81 bits per heavy atom. The average Bonchev–Trinajstić information content (AvgIpc) is 2.25. The van der Waals surface area contributed by atoms with Gasteiger partial charge in [0.2, 0.25) is 0 Å². The van der Waals surface area contributed by atoms with Crippen LogP contribution < -0.4 is 5.32 Å². The molecule has 4 heteroatoms. The van der Waals surface area contributed by atoms with Gasteiger partial charge in [-0.05, 0) is 17.5 Å². The summed E-state index contributed by atoms with van der Waals surface area (Å²) in [6.45, 7) is 0. The van der Waals surface area contributed by atoms with E-state index in [1.54, 1.807) is 12.1 Å². The van der Waals surface area contributed by atoms with Crippen LogP contribution in [0, 0.1) is 0 Å². The van der Waals surface area contributed by atoms with Crippen LogP contribution in [0.1, 0.15) is 20.7 Å². The van der Waals surface area contributed by atoms with Crippen LogP contribution in [0.2, 0.25) is 0 Å². The summed E-state index contributed by atoms with van der Waals surface area (Å²) in [6.07, 6.45) is 0. The molecule has 2 radical (unpaired) electrons. The van der Waals surface area contributed by atoms with E-state index in [0.29, 0.717) is 11.1 Å². The number of carbonyl (C=O) groups excluding carboxylic acids is 2. The van der Waals surface area contributed by atoms with Gasteiger partial charge in [0.25, 0.3) is 11.8 Å². The molecule has 2 amide bonds. The Hall–Kier alpha value is -1.24. The first-order valence-electron chi connectivity index (χ1n) is 4.65. The van der Waals surface area contributed by atoms with Gasteiger partial charge in [-0.25, -0.2) is 0 Å². The van der Waals surface area contributed by atoms with Crippen LogP contribution in [0.25, 0.3) is 10.8 Å². The fraction of sp³-hybridized carbons (Fsp3) is 0. The molecule has 2 aromatic carbocycles. The van der Waals surface area contributed by atoms with Crippen molar-refractivity contribution in [3.63, 3.8) is 0 Å². The van der Waals surface area contributed by atoms with Gasteiger partial charge in [-0.3, -0.25) is 14.9 Å².